The van der Waals surface area contributed by atoms with Crippen molar-refractivity contribution < 1.29 is 17.3 Å². The molecule has 0 spiro atoms. The zero-order valence-electron chi connectivity index (χ0n) is 10.3. The molecule has 0 saturated carbocycles. The third-order valence-electron chi connectivity index (χ3n) is 3.23. The van der Waals surface area contributed by atoms with E-state index in [9.17, 15) is 8.60 Å². The normalized spacial score (nSPS) is 14.5. The molecule has 3 aromatic carbocycles. The average Bonchev–Trinajstić information content (AvgIpc) is 2.45. The zero-order valence-corrected chi connectivity index (χ0v) is 11.1. The molecule has 3 nitrogen and oxygen atoms in total. The molecule has 0 amide bonds. The number of benzene rings is 3. The molecule has 0 aromatic heterocycles. The van der Waals surface area contributed by atoms with Gasteiger partial charge in [0.1, 0.15) is 0 Å². The average molecular weight is 290 g/mol. The zero-order chi connectivity index (χ0) is 14.1. The Bertz CT molecular complexity index is 803. The summed E-state index contributed by atoms with van der Waals surface area (Å²) in [5, 5.41) is 3.61. The minimum Gasteiger partial charge on any atom is -0.284 e. The van der Waals surface area contributed by atoms with Crippen LogP contribution in [-0.4, -0.2) is 8.76 Å². The van der Waals surface area contributed by atoms with E-state index in [0.717, 1.165) is 16.2 Å². The molecular weight excluding hydrogens is 279 g/mol. The maximum Gasteiger partial charge on any atom is 0.305 e. The van der Waals surface area contributed by atoms with Gasteiger partial charge >= 0.3 is 11.4 Å². The summed E-state index contributed by atoms with van der Waals surface area (Å²) >= 11 is -2.64. The fourth-order valence-corrected chi connectivity index (χ4v) is 2.63. The molecule has 0 aliphatic heterocycles. The molecular formula is C15H11FO3S. The first kappa shape index (κ1) is 13.2. The number of fused-ring (bicyclic) bond motifs is 3. The van der Waals surface area contributed by atoms with Gasteiger partial charge in [0.15, 0.2) is 0 Å². The number of hydrogen-bond acceptors (Lipinski definition) is 2. The lowest BCUT2D eigenvalue weighted by Gasteiger charge is -2.11. The lowest BCUT2D eigenvalue weighted by atomic mass is 9.98. The fraction of sp³-hybridized carbons (Fsp3) is 0.0667. The standard InChI is InChI=1S/C15H11FO3S/c16-15(19-20(17)18)14-7-3-6-12-11-5-2-1-4-10(11)8-9-13(12)14/h1-9,15H,(H,17,18). The van der Waals surface area contributed by atoms with E-state index in [0.29, 0.717) is 5.39 Å². The van der Waals surface area contributed by atoms with E-state index < -0.39 is 17.7 Å². The molecule has 0 saturated heterocycles. The molecule has 0 aliphatic carbocycles. The highest BCUT2D eigenvalue weighted by atomic mass is 32.2. The van der Waals surface area contributed by atoms with Gasteiger partial charge in [0.2, 0.25) is 6.36 Å². The molecule has 3 rings (SSSR count). The lowest BCUT2D eigenvalue weighted by Crippen LogP contribution is -2.01. The summed E-state index contributed by atoms with van der Waals surface area (Å²) in [6.45, 7) is 0. The topological polar surface area (TPSA) is 46.5 Å². The smallest absolute Gasteiger partial charge is 0.284 e. The van der Waals surface area contributed by atoms with Crippen molar-refractivity contribution in [3.8, 4) is 0 Å². The van der Waals surface area contributed by atoms with Gasteiger partial charge in [-0.15, -0.1) is 0 Å². The van der Waals surface area contributed by atoms with Crippen molar-refractivity contribution in [2.24, 2.45) is 0 Å². The Labute approximate surface area is 117 Å². The van der Waals surface area contributed by atoms with Crippen LogP contribution in [-0.2, 0) is 15.5 Å². The first-order valence-electron chi connectivity index (χ1n) is 5.99. The number of alkyl halides is 1. The first-order valence-corrected chi connectivity index (χ1v) is 7.02. The second-order valence-corrected chi connectivity index (χ2v) is 4.99. The third kappa shape index (κ3) is 2.31. The van der Waals surface area contributed by atoms with Crippen LogP contribution < -0.4 is 0 Å². The van der Waals surface area contributed by atoms with Crippen molar-refractivity contribution in [1.29, 1.82) is 0 Å². The van der Waals surface area contributed by atoms with Crippen LogP contribution in [0.25, 0.3) is 21.5 Å². The molecule has 102 valence electrons. The highest BCUT2D eigenvalue weighted by Crippen LogP contribution is 2.32. The Hall–Kier alpha value is -1.82. The van der Waals surface area contributed by atoms with Gasteiger partial charge in [-0.1, -0.05) is 54.6 Å². The Kier molecular flexibility index (Phi) is 3.48. The van der Waals surface area contributed by atoms with Crippen molar-refractivity contribution in [3.05, 3.63) is 60.2 Å². The molecule has 0 fully saturated rings. The summed E-state index contributed by atoms with van der Waals surface area (Å²) in [6, 6.07) is 16.6. The largest absolute Gasteiger partial charge is 0.305 e. The van der Waals surface area contributed by atoms with E-state index >= 15 is 0 Å². The fourth-order valence-electron chi connectivity index (χ4n) is 2.39. The van der Waals surface area contributed by atoms with E-state index in [1.807, 2.05) is 36.4 Å². The second kappa shape index (κ2) is 5.28. The molecule has 3 aromatic rings. The summed E-state index contributed by atoms with van der Waals surface area (Å²) in [5.74, 6) is 0. The van der Waals surface area contributed by atoms with E-state index in [2.05, 4.69) is 4.18 Å². The van der Waals surface area contributed by atoms with Gasteiger partial charge in [-0.25, -0.2) is 8.57 Å². The molecule has 5 heteroatoms. The molecule has 0 aliphatic rings. The molecule has 0 heterocycles. The number of hydrogen-bond donors (Lipinski definition) is 1. The summed E-state index contributed by atoms with van der Waals surface area (Å²) in [6.07, 6.45) is -1.94. The van der Waals surface area contributed by atoms with Crippen LogP contribution in [0, 0.1) is 0 Å². The highest BCUT2D eigenvalue weighted by Gasteiger charge is 2.16. The van der Waals surface area contributed by atoms with Crippen LogP contribution in [0.4, 0.5) is 4.39 Å². The van der Waals surface area contributed by atoms with Gasteiger partial charge in [0.25, 0.3) is 0 Å². The molecule has 20 heavy (non-hydrogen) atoms. The Morgan fingerprint density at radius 2 is 1.70 bits per heavy atom. The van der Waals surface area contributed by atoms with Crippen molar-refractivity contribution >= 4 is 32.9 Å². The maximum absolute atomic E-state index is 13.9. The summed E-state index contributed by atoms with van der Waals surface area (Å²) < 4.78 is 37.5. The van der Waals surface area contributed by atoms with Crippen LogP contribution in [0.2, 0.25) is 0 Å². The molecule has 0 radical (unpaired) electrons. The quantitative estimate of drug-likeness (QED) is 0.583. The summed E-state index contributed by atoms with van der Waals surface area (Å²) in [4.78, 5) is 0. The van der Waals surface area contributed by atoms with Crippen molar-refractivity contribution in [1.82, 2.24) is 0 Å². The van der Waals surface area contributed by atoms with Gasteiger partial charge in [-0.05, 0) is 21.5 Å². The van der Waals surface area contributed by atoms with Crippen LogP contribution in [0.15, 0.2) is 54.6 Å². The predicted molar refractivity (Wildman–Crippen MR) is 77.2 cm³/mol. The highest BCUT2D eigenvalue weighted by molar-refractivity contribution is 7.74. The number of rotatable bonds is 3. The van der Waals surface area contributed by atoms with E-state index in [4.69, 9.17) is 4.55 Å². The molecule has 2 unspecified atom stereocenters. The first-order chi connectivity index (χ1) is 9.66. The minimum atomic E-state index is -2.64. The summed E-state index contributed by atoms with van der Waals surface area (Å²) in [5.41, 5.74) is 0.246. The third-order valence-corrected chi connectivity index (χ3v) is 3.57. The second-order valence-electron chi connectivity index (χ2n) is 4.36. The van der Waals surface area contributed by atoms with Crippen molar-refractivity contribution in [2.45, 2.75) is 6.36 Å². The minimum absolute atomic E-state index is 0.246. The van der Waals surface area contributed by atoms with Crippen LogP contribution >= 0.6 is 0 Å². The van der Waals surface area contributed by atoms with Gasteiger partial charge in [-0.2, -0.15) is 4.21 Å². The number of halogens is 1. The van der Waals surface area contributed by atoms with E-state index in [1.165, 1.54) is 0 Å². The van der Waals surface area contributed by atoms with Crippen molar-refractivity contribution in [2.75, 3.05) is 0 Å². The van der Waals surface area contributed by atoms with Gasteiger partial charge in [-0.3, -0.25) is 4.55 Å². The van der Waals surface area contributed by atoms with Gasteiger partial charge < -0.3 is 0 Å². The predicted octanol–water partition coefficient (Wildman–Crippen LogP) is 4.11. The molecule has 0 bridgehead atoms. The maximum atomic E-state index is 13.9. The molecule has 1 N–H and O–H groups in total. The SMILES string of the molecule is O=S(O)OC(F)c1cccc2c1ccc1ccccc12. The van der Waals surface area contributed by atoms with E-state index in [1.54, 1.807) is 18.2 Å². The Morgan fingerprint density at radius 3 is 2.50 bits per heavy atom. The molecule has 2 atom stereocenters. The summed E-state index contributed by atoms with van der Waals surface area (Å²) in [7, 11) is 0. The van der Waals surface area contributed by atoms with Crippen LogP contribution in [0.1, 0.15) is 11.9 Å². The van der Waals surface area contributed by atoms with Crippen molar-refractivity contribution in [3.63, 3.8) is 0 Å². The van der Waals surface area contributed by atoms with Crippen LogP contribution in [0.5, 0.6) is 0 Å². The lowest BCUT2D eigenvalue weighted by molar-refractivity contribution is 0.0736. The van der Waals surface area contributed by atoms with Gasteiger partial charge in [0, 0.05) is 5.56 Å². The van der Waals surface area contributed by atoms with Crippen LogP contribution in [0.3, 0.4) is 0 Å². The monoisotopic (exact) mass is 290 g/mol. The van der Waals surface area contributed by atoms with E-state index in [-0.39, 0.29) is 5.56 Å². The Balaban J connectivity index is 2.25. The Morgan fingerprint density at radius 1 is 0.950 bits per heavy atom. The van der Waals surface area contributed by atoms with Gasteiger partial charge in [0.05, 0.1) is 0 Å².